The molecule has 1 aliphatic heterocycles. The summed E-state index contributed by atoms with van der Waals surface area (Å²) in [6.07, 6.45) is 0.598. The van der Waals surface area contributed by atoms with Crippen LogP contribution < -0.4 is 24.4 Å². The van der Waals surface area contributed by atoms with Crippen LogP contribution in [0.1, 0.15) is 5.56 Å². The zero-order chi connectivity index (χ0) is 20.1. The number of carbonyl (C=O) groups excluding carboxylic acids is 2. The minimum atomic E-state index is -0.239. The predicted octanol–water partition coefficient (Wildman–Crippen LogP) is 2.55. The van der Waals surface area contributed by atoms with Crippen LogP contribution in [0.25, 0.3) is 0 Å². The monoisotopic (exact) mass is 448 g/mol. The van der Waals surface area contributed by atoms with Gasteiger partial charge in [0, 0.05) is 11.0 Å². The van der Waals surface area contributed by atoms with E-state index in [1.165, 1.54) is 4.90 Å². The zero-order valence-electron chi connectivity index (χ0n) is 15.7. The largest absolute Gasteiger partial charge is 0.493 e. The zero-order valence-corrected chi connectivity index (χ0v) is 17.2. The molecule has 28 heavy (non-hydrogen) atoms. The van der Waals surface area contributed by atoms with Crippen LogP contribution in [0.15, 0.2) is 40.9 Å². The van der Waals surface area contributed by atoms with Gasteiger partial charge in [-0.25, -0.2) is 0 Å². The number of nitrogens with one attached hydrogen (secondary N) is 1. The number of para-hydroxylation sites is 2. The highest BCUT2D eigenvalue weighted by Gasteiger charge is 2.26. The molecule has 0 atom stereocenters. The number of nitrogens with zero attached hydrogens (tertiary/aromatic N) is 1. The summed E-state index contributed by atoms with van der Waals surface area (Å²) in [5, 5.41) is 2.86. The SMILES string of the molecule is COc1cc(Br)c(CCNC(=O)CN2C(=O)COc3ccccc32)cc1OC. The van der Waals surface area contributed by atoms with Crippen molar-refractivity contribution in [1.29, 1.82) is 0 Å². The van der Waals surface area contributed by atoms with Crippen molar-refractivity contribution < 1.29 is 23.8 Å². The quantitative estimate of drug-likeness (QED) is 0.703. The summed E-state index contributed by atoms with van der Waals surface area (Å²) in [4.78, 5) is 26.0. The summed E-state index contributed by atoms with van der Waals surface area (Å²) in [6, 6.07) is 10.9. The van der Waals surface area contributed by atoms with E-state index in [9.17, 15) is 9.59 Å². The summed E-state index contributed by atoms with van der Waals surface area (Å²) in [6.45, 7) is 0.308. The van der Waals surface area contributed by atoms with Gasteiger partial charge in [-0.1, -0.05) is 28.1 Å². The second kappa shape index (κ2) is 8.97. The van der Waals surface area contributed by atoms with E-state index in [-0.39, 0.29) is 25.0 Å². The van der Waals surface area contributed by atoms with Gasteiger partial charge in [0.25, 0.3) is 5.91 Å². The van der Waals surface area contributed by atoms with E-state index in [4.69, 9.17) is 14.2 Å². The normalized spacial score (nSPS) is 12.8. The standard InChI is InChI=1S/C20H21BrN2O5/c1-26-17-9-13(14(21)10-18(17)27-2)7-8-22-19(24)11-23-15-5-3-4-6-16(15)28-12-20(23)25/h3-6,9-10H,7-8,11-12H2,1-2H3,(H,22,24). The van der Waals surface area contributed by atoms with Crippen LogP contribution in [0.3, 0.4) is 0 Å². The molecule has 0 unspecified atom stereocenters. The smallest absolute Gasteiger partial charge is 0.265 e. The number of methoxy groups -OCH3 is 2. The Morgan fingerprint density at radius 3 is 2.68 bits per heavy atom. The molecule has 0 fully saturated rings. The second-order valence-corrected chi connectivity index (χ2v) is 6.99. The Balaban J connectivity index is 1.59. The number of hydrogen-bond donors (Lipinski definition) is 1. The maximum atomic E-state index is 12.4. The molecule has 7 nitrogen and oxygen atoms in total. The van der Waals surface area contributed by atoms with Gasteiger partial charge in [0.15, 0.2) is 18.1 Å². The van der Waals surface area contributed by atoms with Crippen LogP contribution in [0.4, 0.5) is 5.69 Å². The lowest BCUT2D eigenvalue weighted by Gasteiger charge is -2.28. The van der Waals surface area contributed by atoms with Crippen LogP contribution in [-0.4, -0.2) is 45.7 Å². The number of rotatable bonds is 7. The molecule has 0 saturated carbocycles. The summed E-state index contributed by atoms with van der Waals surface area (Å²) in [7, 11) is 3.16. The van der Waals surface area contributed by atoms with E-state index in [1.54, 1.807) is 32.4 Å². The minimum Gasteiger partial charge on any atom is -0.493 e. The Morgan fingerprint density at radius 2 is 1.93 bits per heavy atom. The van der Waals surface area contributed by atoms with Crippen molar-refractivity contribution in [2.45, 2.75) is 6.42 Å². The maximum Gasteiger partial charge on any atom is 0.265 e. The lowest BCUT2D eigenvalue weighted by molar-refractivity contribution is -0.125. The van der Waals surface area contributed by atoms with Crippen LogP contribution in [-0.2, 0) is 16.0 Å². The molecule has 2 aromatic rings. The summed E-state index contributed by atoms with van der Waals surface area (Å²) in [5.74, 6) is 1.39. The highest BCUT2D eigenvalue weighted by molar-refractivity contribution is 9.10. The molecule has 1 heterocycles. The fourth-order valence-corrected chi connectivity index (χ4v) is 3.47. The number of benzene rings is 2. The average molecular weight is 449 g/mol. The van der Waals surface area contributed by atoms with E-state index in [2.05, 4.69) is 21.2 Å². The summed E-state index contributed by atoms with van der Waals surface area (Å²) < 4.78 is 16.8. The predicted molar refractivity (Wildman–Crippen MR) is 108 cm³/mol. The fourth-order valence-electron chi connectivity index (χ4n) is 2.95. The van der Waals surface area contributed by atoms with E-state index in [0.29, 0.717) is 35.9 Å². The van der Waals surface area contributed by atoms with Gasteiger partial charge in [-0.3, -0.25) is 14.5 Å². The van der Waals surface area contributed by atoms with E-state index >= 15 is 0 Å². The molecule has 0 bridgehead atoms. The Labute approximate surface area is 171 Å². The maximum absolute atomic E-state index is 12.4. The number of anilines is 1. The number of amides is 2. The van der Waals surface area contributed by atoms with Crippen molar-refractivity contribution in [3.05, 3.63) is 46.4 Å². The molecular weight excluding hydrogens is 428 g/mol. The van der Waals surface area contributed by atoms with Crippen molar-refractivity contribution >= 4 is 33.4 Å². The van der Waals surface area contributed by atoms with Gasteiger partial charge in [-0.15, -0.1) is 0 Å². The van der Waals surface area contributed by atoms with Gasteiger partial charge < -0.3 is 19.5 Å². The molecule has 0 spiro atoms. The first-order valence-corrected chi connectivity index (χ1v) is 9.52. The molecule has 0 saturated heterocycles. The first kappa shape index (κ1) is 20.0. The number of halogens is 1. The van der Waals surface area contributed by atoms with E-state index < -0.39 is 0 Å². The minimum absolute atomic E-state index is 0.0493. The van der Waals surface area contributed by atoms with Crippen molar-refractivity contribution in [1.82, 2.24) is 5.32 Å². The average Bonchev–Trinajstić information content (AvgIpc) is 2.71. The van der Waals surface area contributed by atoms with Crippen LogP contribution in [0, 0.1) is 0 Å². The molecule has 2 aromatic carbocycles. The van der Waals surface area contributed by atoms with Crippen molar-refractivity contribution in [3.8, 4) is 17.2 Å². The molecule has 1 aliphatic rings. The number of fused-ring (bicyclic) bond motifs is 1. The first-order valence-electron chi connectivity index (χ1n) is 8.72. The van der Waals surface area contributed by atoms with Crippen molar-refractivity contribution in [2.75, 3.05) is 38.8 Å². The van der Waals surface area contributed by atoms with Gasteiger partial charge in [0.05, 0.1) is 19.9 Å². The van der Waals surface area contributed by atoms with Gasteiger partial charge in [-0.05, 0) is 36.2 Å². The molecule has 8 heteroatoms. The van der Waals surface area contributed by atoms with Gasteiger partial charge in [0.1, 0.15) is 12.3 Å². The highest BCUT2D eigenvalue weighted by Crippen LogP contribution is 2.33. The first-order chi connectivity index (χ1) is 13.5. The third-order valence-corrected chi connectivity index (χ3v) is 5.12. The Hall–Kier alpha value is -2.74. The summed E-state index contributed by atoms with van der Waals surface area (Å²) >= 11 is 3.51. The summed E-state index contributed by atoms with van der Waals surface area (Å²) in [5.41, 5.74) is 1.59. The third kappa shape index (κ3) is 4.39. The number of hydrogen-bond acceptors (Lipinski definition) is 5. The molecule has 0 aromatic heterocycles. The van der Waals surface area contributed by atoms with Crippen molar-refractivity contribution in [3.63, 3.8) is 0 Å². The number of ether oxygens (including phenoxy) is 3. The molecule has 3 rings (SSSR count). The van der Waals surface area contributed by atoms with E-state index in [1.807, 2.05) is 18.2 Å². The van der Waals surface area contributed by atoms with Gasteiger partial charge in [0.2, 0.25) is 5.91 Å². The van der Waals surface area contributed by atoms with Gasteiger partial charge >= 0.3 is 0 Å². The Kier molecular flexibility index (Phi) is 6.41. The molecule has 148 valence electrons. The van der Waals surface area contributed by atoms with E-state index in [0.717, 1.165) is 10.0 Å². The van der Waals surface area contributed by atoms with Crippen LogP contribution in [0.5, 0.6) is 17.2 Å². The third-order valence-electron chi connectivity index (χ3n) is 4.38. The number of carbonyl (C=O) groups is 2. The Morgan fingerprint density at radius 1 is 1.21 bits per heavy atom. The molecular formula is C20H21BrN2O5. The topological polar surface area (TPSA) is 77.1 Å². The molecule has 1 N–H and O–H groups in total. The molecule has 2 amide bonds. The molecule has 0 aliphatic carbocycles. The van der Waals surface area contributed by atoms with Gasteiger partial charge in [-0.2, -0.15) is 0 Å². The van der Waals surface area contributed by atoms with Crippen LogP contribution >= 0.6 is 15.9 Å². The van der Waals surface area contributed by atoms with Crippen molar-refractivity contribution in [2.24, 2.45) is 0 Å². The Bertz CT molecular complexity index is 887. The second-order valence-electron chi connectivity index (χ2n) is 6.13. The molecule has 0 radical (unpaired) electrons. The lowest BCUT2D eigenvalue weighted by Crippen LogP contribution is -2.45. The van der Waals surface area contributed by atoms with Crippen LogP contribution in [0.2, 0.25) is 0 Å². The highest BCUT2D eigenvalue weighted by atomic mass is 79.9. The lowest BCUT2D eigenvalue weighted by atomic mass is 10.1. The fraction of sp³-hybridized carbons (Fsp3) is 0.300.